The molecule has 3 heteroatoms. The van der Waals surface area contributed by atoms with Crippen molar-refractivity contribution in [3.8, 4) is 0 Å². The van der Waals surface area contributed by atoms with Crippen LogP contribution in [0.15, 0.2) is 0 Å². The minimum absolute atomic E-state index is 0.489. The first-order valence-corrected chi connectivity index (χ1v) is 5.52. The molecular weight excluding hydrogens is 180 g/mol. The first kappa shape index (κ1) is 11.5. The Labute approximate surface area is 85.5 Å². The van der Waals surface area contributed by atoms with E-state index < -0.39 is 11.6 Å². The van der Waals surface area contributed by atoms with E-state index >= 15 is 0 Å². The van der Waals surface area contributed by atoms with Crippen LogP contribution in [0.25, 0.3) is 0 Å². The third-order valence-electron chi connectivity index (χ3n) is 3.20. The molecule has 0 radical (unpaired) electrons. The van der Waals surface area contributed by atoms with Crippen molar-refractivity contribution in [2.75, 3.05) is 6.61 Å². The number of carboxylic acid groups (broad SMARTS) is 1. The maximum Gasteiger partial charge on any atom is 0.335 e. The molecule has 1 saturated carbocycles. The van der Waals surface area contributed by atoms with Gasteiger partial charge in [-0.2, -0.15) is 0 Å². The fourth-order valence-corrected chi connectivity index (χ4v) is 2.36. The van der Waals surface area contributed by atoms with E-state index in [0.717, 1.165) is 19.3 Å². The Morgan fingerprint density at radius 2 is 2.29 bits per heavy atom. The second-order valence-electron chi connectivity index (χ2n) is 4.10. The van der Waals surface area contributed by atoms with Crippen molar-refractivity contribution in [2.45, 2.75) is 51.6 Å². The molecule has 3 nitrogen and oxygen atoms in total. The van der Waals surface area contributed by atoms with Crippen LogP contribution in [0.1, 0.15) is 46.0 Å². The van der Waals surface area contributed by atoms with E-state index in [9.17, 15) is 9.90 Å². The lowest BCUT2D eigenvalue weighted by molar-refractivity contribution is -0.172. The summed E-state index contributed by atoms with van der Waals surface area (Å²) in [5.41, 5.74) is -0.881. The van der Waals surface area contributed by atoms with Gasteiger partial charge in [0.25, 0.3) is 0 Å². The molecule has 1 aliphatic carbocycles. The molecule has 1 rings (SSSR count). The van der Waals surface area contributed by atoms with Crippen molar-refractivity contribution in [3.63, 3.8) is 0 Å². The molecule has 0 heterocycles. The lowest BCUT2D eigenvalue weighted by atomic mass is 9.77. The number of hydrogen-bond donors (Lipinski definition) is 1. The molecule has 0 aromatic heterocycles. The van der Waals surface area contributed by atoms with Gasteiger partial charge in [0.2, 0.25) is 0 Å². The SMILES string of the molecule is CCOC1(C(=O)O)CCCC(CC)C1. The number of aliphatic carboxylic acids is 1. The molecule has 82 valence electrons. The zero-order chi connectivity index (χ0) is 10.6. The zero-order valence-electron chi connectivity index (χ0n) is 9.08. The van der Waals surface area contributed by atoms with Gasteiger partial charge in [-0.15, -0.1) is 0 Å². The van der Waals surface area contributed by atoms with Crippen LogP contribution in [0.4, 0.5) is 0 Å². The summed E-state index contributed by atoms with van der Waals surface area (Å²) in [7, 11) is 0. The van der Waals surface area contributed by atoms with Gasteiger partial charge in [0.1, 0.15) is 0 Å². The molecule has 0 spiro atoms. The predicted molar refractivity (Wildman–Crippen MR) is 54.2 cm³/mol. The zero-order valence-corrected chi connectivity index (χ0v) is 9.08. The normalized spacial score (nSPS) is 32.9. The van der Waals surface area contributed by atoms with E-state index in [1.54, 1.807) is 0 Å². The molecule has 0 aromatic carbocycles. The van der Waals surface area contributed by atoms with Gasteiger partial charge in [-0.1, -0.05) is 19.8 Å². The van der Waals surface area contributed by atoms with E-state index in [-0.39, 0.29) is 0 Å². The summed E-state index contributed by atoms with van der Waals surface area (Å²) in [6.07, 6.45) is 4.55. The van der Waals surface area contributed by atoms with Crippen molar-refractivity contribution in [1.82, 2.24) is 0 Å². The highest BCUT2D eigenvalue weighted by Gasteiger charge is 2.43. The van der Waals surface area contributed by atoms with Gasteiger partial charge in [-0.25, -0.2) is 4.79 Å². The van der Waals surface area contributed by atoms with E-state index in [2.05, 4.69) is 6.92 Å². The number of rotatable bonds is 4. The third-order valence-corrected chi connectivity index (χ3v) is 3.20. The molecule has 1 aliphatic rings. The predicted octanol–water partition coefficient (Wildman–Crippen LogP) is 2.45. The summed E-state index contributed by atoms with van der Waals surface area (Å²) in [4.78, 5) is 11.2. The maximum absolute atomic E-state index is 11.2. The molecule has 1 N–H and O–H groups in total. The van der Waals surface area contributed by atoms with Crippen LogP contribution < -0.4 is 0 Å². The van der Waals surface area contributed by atoms with Crippen LogP contribution in [0.2, 0.25) is 0 Å². The fourth-order valence-electron chi connectivity index (χ4n) is 2.36. The lowest BCUT2D eigenvalue weighted by Crippen LogP contribution is -2.45. The van der Waals surface area contributed by atoms with Crippen LogP contribution in [-0.4, -0.2) is 23.3 Å². The van der Waals surface area contributed by atoms with Crippen molar-refractivity contribution < 1.29 is 14.6 Å². The topological polar surface area (TPSA) is 46.5 Å². The second-order valence-corrected chi connectivity index (χ2v) is 4.10. The van der Waals surface area contributed by atoms with Gasteiger partial charge in [0, 0.05) is 6.61 Å². The van der Waals surface area contributed by atoms with Crippen LogP contribution in [0.3, 0.4) is 0 Å². The Morgan fingerprint density at radius 3 is 2.79 bits per heavy atom. The molecule has 2 unspecified atom stereocenters. The molecular formula is C11H20O3. The van der Waals surface area contributed by atoms with E-state index in [4.69, 9.17) is 4.74 Å². The Hall–Kier alpha value is -0.570. The quantitative estimate of drug-likeness (QED) is 0.758. The van der Waals surface area contributed by atoms with Gasteiger partial charge >= 0.3 is 5.97 Å². The van der Waals surface area contributed by atoms with Crippen LogP contribution in [0.5, 0.6) is 0 Å². The third kappa shape index (κ3) is 2.27. The van der Waals surface area contributed by atoms with Crippen LogP contribution in [-0.2, 0) is 9.53 Å². The Balaban J connectivity index is 2.70. The van der Waals surface area contributed by atoms with Crippen molar-refractivity contribution in [2.24, 2.45) is 5.92 Å². The summed E-state index contributed by atoms with van der Waals surface area (Å²) in [6, 6.07) is 0. The van der Waals surface area contributed by atoms with E-state index in [1.165, 1.54) is 0 Å². The molecule has 0 aromatic rings. The van der Waals surface area contributed by atoms with Crippen LogP contribution in [0, 0.1) is 5.92 Å². The van der Waals surface area contributed by atoms with E-state index in [1.807, 2.05) is 6.92 Å². The Bertz CT molecular complexity index is 199. The molecule has 0 amide bonds. The minimum Gasteiger partial charge on any atom is -0.479 e. The monoisotopic (exact) mass is 200 g/mol. The summed E-state index contributed by atoms with van der Waals surface area (Å²) >= 11 is 0. The number of hydrogen-bond acceptors (Lipinski definition) is 2. The molecule has 0 aliphatic heterocycles. The first-order valence-electron chi connectivity index (χ1n) is 5.52. The lowest BCUT2D eigenvalue weighted by Gasteiger charge is -2.36. The summed E-state index contributed by atoms with van der Waals surface area (Å²) in [5, 5.41) is 9.21. The standard InChI is InChI=1S/C11H20O3/c1-3-9-6-5-7-11(8-9,10(12)13)14-4-2/h9H,3-8H2,1-2H3,(H,12,13). The molecule has 14 heavy (non-hydrogen) atoms. The molecule has 0 bridgehead atoms. The highest BCUT2D eigenvalue weighted by atomic mass is 16.5. The first-order chi connectivity index (χ1) is 6.64. The van der Waals surface area contributed by atoms with Crippen molar-refractivity contribution in [1.29, 1.82) is 0 Å². The smallest absolute Gasteiger partial charge is 0.335 e. The van der Waals surface area contributed by atoms with Gasteiger partial charge in [0.05, 0.1) is 0 Å². The highest BCUT2D eigenvalue weighted by molar-refractivity contribution is 5.77. The Kier molecular flexibility index (Phi) is 3.93. The number of carboxylic acids is 1. The fraction of sp³-hybridized carbons (Fsp3) is 0.909. The van der Waals surface area contributed by atoms with E-state index in [0.29, 0.717) is 25.4 Å². The molecule has 2 atom stereocenters. The van der Waals surface area contributed by atoms with Crippen LogP contribution >= 0.6 is 0 Å². The van der Waals surface area contributed by atoms with Gasteiger partial charge < -0.3 is 9.84 Å². The summed E-state index contributed by atoms with van der Waals surface area (Å²) in [5.74, 6) is -0.260. The maximum atomic E-state index is 11.2. The van der Waals surface area contributed by atoms with Crippen molar-refractivity contribution in [3.05, 3.63) is 0 Å². The summed E-state index contributed by atoms with van der Waals surface area (Å²) in [6.45, 7) is 4.47. The van der Waals surface area contributed by atoms with Crippen molar-refractivity contribution >= 4 is 5.97 Å². The largest absolute Gasteiger partial charge is 0.479 e. The number of ether oxygens (including phenoxy) is 1. The highest BCUT2D eigenvalue weighted by Crippen LogP contribution is 2.36. The average Bonchev–Trinajstić information content (AvgIpc) is 2.18. The molecule has 1 fully saturated rings. The summed E-state index contributed by atoms with van der Waals surface area (Å²) < 4.78 is 5.46. The number of carbonyl (C=O) groups is 1. The molecule has 0 saturated heterocycles. The van der Waals surface area contributed by atoms with Gasteiger partial charge in [-0.05, 0) is 32.1 Å². The van der Waals surface area contributed by atoms with Gasteiger partial charge in [0.15, 0.2) is 5.60 Å². The Morgan fingerprint density at radius 1 is 1.57 bits per heavy atom. The average molecular weight is 200 g/mol. The second kappa shape index (κ2) is 4.78. The van der Waals surface area contributed by atoms with Gasteiger partial charge in [-0.3, -0.25) is 0 Å². The minimum atomic E-state index is -0.881.